The normalized spacial score (nSPS) is 11.2. The SMILES string of the molecule is Cc1cc(C)cc(C(=O)NN(C(=O)c2c(C)cccc2C)C(C)(C)C)c1. The van der Waals surface area contributed by atoms with E-state index in [1.165, 1.54) is 5.01 Å². The van der Waals surface area contributed by atoms with Crippen molar-refractivity contribution in [1.29, 1.82) is 0 Å². The molecule has 2 aromatic rings. The van der Waals surface area contributed by atoms with Crippen LogP contribution in [0.4, 0.5) is 0 Å². The zero-order chi connectivity index (χ0) is 19.6. The van der Waals surface area contributed by atoms with Crippen molar-refractivity contribution in [1.82, 2.24) is 10.4 Å². The molecule has 2 amide bonds. The third kappa shape index (κ3) is 4.31. The maximum atomic E-state index is 13.2. The molecule has 0 bridgehead atoms. The van der Waals surface area contributed by atoms with Gasteiger partial charge < -0.3 is 0 Å². The minimum atomic E-state index is -0.569. The summed E-state index contributed by atoms with van der Waals surface area (Å²) in [7, 11) is 0. The molecule has 4 nitrogen and oxygen atoms in total. The third-order valence-electron chi connectivity index (χ3n) is 4.27. The summed E-state index contributed by atoms with van der Waals surface area (Å²) in [6.45, 7) is 13.4. The standard InChI is InChI=1S/C22H28N2O2/c1-14-11-15(2)13-18(12-14)20(25)23-24(22(5,6)7)21(26)19-16(3)9-8-10-17(19)4/h8-13H,1-7H3,(H,23,25). The molecule has 2 rings (SSSR count). The first-order valence-corrected chi connectivity index (χ1v) is 8.81. The Morgan fingerprint density at radius 3 is 1.85 bits per heavy atom. The first-order chi connectivity index (χ1) is 12.0. The maximum absolute atomic E-state index is 13.2. The predicted octanol–water partition coefficient (Wildman–Crippen LogP) is 4.51. The summed E-state index contributed by atoms with van der Waals surface area (Å²) in [6, 6.07) is 11.4. The molecule has 0 radical (unpaired) electrons. The molecular formula is C22H28N2O2. The largest absolute Gasteiger partial charge is 0.273 e. The van der Waals surface area contributed by atoms with Crippen LogP contribution in [0.15, 0.2) is 36.4 Å². The molecule has 0 aliphatic rings. The highest BCUT2D eigenvalue weighted by molar-refractivity contribution is 6.01. The number of hydrogen-bond donors (Lipinski definition) is 1. The molecule has 26 heavy (non-hydrogen) atoms. The van der Waals surface area contributed by atoms with Crippen LogP contribution in [0.2, 0.25) is 0 Å². The summed E-state index contributed by atoms with van der Waals surface area (Å²) in [5, 5.41) is 1.43. The molecule has 4 heteroatoms. The van der Waals surface area contributed by atoms with E-state index in [0.717, 1.165) is 22.3 Å². The van der Waals surface area contributed by atoms with E-state index in [0.29, 0.717) is 11.1 Å². The lowest BCUT2D eigenvalue weighted by Gasteiger charge is -2.36. The molecule has 0 atom stereocenters. The lowest BCUT2D eigenvalue weighted by atomic mass is 9.99. The molecule has 0 saturated heterocycles. The van der Waals surface area contributed by atoms with Crippen LogP contribution in [0.25, 0.3) is 0 Å². The number of rotatable bonds is 2. The molecule has 0 aliphatic carbocycles. The van der Waals surface area contributed by atoms with Gasteiger partial charge in [-0.2, -0.15) is 0 Å². The van der Waals surface area contributed by atoms with Crippen LogP contribution in [0, 0.1) is 27.7 Å². The number of carbonyl (C=O) groups excluding carboxylic acids is 2. The second-order valence-corrected chi connectivity index (χ2v) is 7.90. The molecule has 0 fully saturated rings. The van der Waals surface area contributed by atoms with Gasteiger partial charge in [-0.3, -0.25) is 15.0 Å². The fourth-order valence-corrected chi connectivity index (χ4v) is 3.06. The van der Waals surface area contributed by atoms with Crippen molar-refractivity contribution in [2.24, 2.45) is 0 Å². The number of benzene rings is 2. The van der Waals surface area contributed by atoms with Crippen molar-refractivity contribution in [3.05, 3.63) is 69.8 Å². The van der Waals surface area contributed by atoms with Gasteiger partial charge in [0, 0.05) is 11.1 Å². The summed E-state index contributed by atoms with van der Waals surface area (Å²) in [4.78, 5) is 26.1. The topological polar surface area (TPSA) is 49.4 Å². The quantitative estimate of drug-likeness (QED) is 0.809. The minimum absolute atomic E-state index is 0.203. The number of carbonyl (C=O) groups is 2. The van der Waals surface area contributed by atoms with Gasteiger partial charge in [-0.05, 0) is 71.7 Å². The van der Waals surface area contributed by atoms with Gasteiger partial charge in [0.15, 0.2) is 0 Å². The first kappa shape index (κ1) is 19.7. The van der Waals surface area contributed by atoms with E-state index < -0.39 is 5.54 Å². The van der Waals surface area contributed by atoms with E-state index in [9.17, 15) is 9.59 Å². The molecule has 0 unspecified atom stereocenters. The molecule has 0 spiro atoms. The third-order valence-corrected chi connectivity index (χ3v) is 4.27. The van der Waals surface area contributed by atoms with Gasteiger partial charge in [0.25, 0.3) is 11.8 Å². The van der Waals surface area contributed by atoms with Gasteiger partial charge in [0.05, 0.1) is 5.54 Å². The van der Waals surface area contributed by atoms with E-state index in [1.54, 1.807) is 0 Å². The van der Waals surface area contributed by atoms with Crippen molar-refractivity contribution in [3.8, 4) is 0 Å². The Hall–Kier alpha value is -2.62. The maximum Gasteiger partial charge on any atom is 0.273 e. The van der Waals surface area contributed by atoms with E-state index in [2.05, 4.69) is 5.43 Å². The fourth-order valence-electron chi connectivity index (χ4n) is 3.06. The van der Waals surface area contributed by atoms with Gasteiger partial charge in [0.1, 0.15) is 0 Å². The lowest BCUT2D eigenvalue weighted by molar-refractivity contribution is 0.0357. The first-order valence-electron chi connectivity index (χ1n) is 8.81. The van der Waals surface area contributed by atoms with Crippen LogP contribution in [-0.4, -0.2) is 22.4 Å². The molecular weight excluding hydrogens is 324 g/mol. The highest BCUT2D eigenvalue weighted by Gasteiger charge is 2.31. The average Bonchev–Trinajstić information content (AvgIpc) is 2.49. The van der Waals surface area contributed by atoms with Crippen LogP contribution in [-0.2, 0) is 0 Å². The Labute approximate surface area is 156 Å². The predicted molar refractivity (Wildman–Crippen MR) is 105 cm³/mol. The van der Waals surface area contributed by atoms with Crippen LogP contribution >= 0.6 is 0 Å². The number of nitrogens with zero attached hydrogens (tertiary/aromatic N) is 1. The van der Waals surface area contributed by atoms with Crippen molar-refractivity contribution < 1.29 is 9.59 Å². The minimum Gasteiger partial charge on any atom is -0.267 e. The number of hydrogen-bond acceptors (Lipinski definition) is 2. The summed E-state index contributed by atoms with van der Waals surface area (Å²) in [6.07, 6.45) is 0. The van der Waals surface area contributed by atoms with E-state index >= 15 is 0 Å². The monoisotopic (exact) mass is 352 g/mol. The highest BCUT2D eigenvalue weighted by atomic mass is 16.2. The van der Waals surface area contributed by atoms with E-state index in [1.807, 2.05) is 84.9 Å². The molecule has 0 aliphatic heterocycles. The summed E-state index contributed by atoms with van der Waals surface area (Å²) in [5.74, 6) is -0.489. The molecule has 0 saturated carbocycles. The summed E-state index contributed by atoms with van der Waals surface area (Å²) >= 11 is 0. The number of hydrazine groups is 1. The Bertz CT molecular complexity index is 807. The second-order valence-electron chi connectivity index (χ2n) is 7.90. The molecule has 138 valence electrons. The van der Waals surface area contributed by atoms with Gasteiger partial charge in [-0.15, -0.1) is 0 Å². The van der Waals surface area contributed by atoms with Crippen molar-refractivity contribution in [2.75, 3.05) is 0 Å². The summed E-state index contributed by atoms with van der Waals surface area (Å²) in [5.41, 5.74) is 7.24. The van der Waals surface area contributed by atoms with Crippen molar-refractivity contribution >= 4 is 11.8 Å². The van der Waals surface area contributed by atoms with Crippen LogP contribution in [0.1, 0.15) is 63.7 Å². The Morgan fingerprint density at radius 2 is 1.38 bits per heavy atom. The molecule has 0 aromatic heterocycles. The lowest BCUT2D eigenvalue weighted by Crippen LogP contribution is -2.56. The average molecular weight is 352 g/mol. The Morgan fingerprint density at radius 1 is 0.885 bits per heavy atom. The van der Waals surface area contributed by atoms with Gasteiger partial charge >= 0.3 is 0 Å². The van der Waals surface area contributed by atoms with E-state index in [4.69, 9.17) is 0 Å². The van der Waals surface area contributed by atoms with Crippen LogP contribution in [0.5, 0.6) is 0 Å². The van der Waals surface area contributed by atoms with Gasteiger partial charge in [0.2, 0.25) is 0 Å². The second kappa shape index (κ2) is 7.32. The number of aryl methyl sites for hydroxylation is 4. The smallest absolute Gasteiger partial charge is 0.267 e. The molecule has 0 heterocycles. The molecule has 2 aromatic carbocycles. The van der Waals surface area contributed by atoms with Crippen LogP contribution < -0.4 is 5.43 Å². The number of nitrogens with one attached hydrogen (secondary N) is 1. The summed E-state index contributed by atoms with van der Waals surface area (Å²) < 4.78 is 0. The zero-order valence-corrected chi connectivity index (χ0v) is 16.7. The van der Waals surface area contributed by atoms with E-state index in [-0.39, 0.29) is 11.8 Å². The molecule has 1 N–H and O–H groups in total. The Balaban J connectivity index is 2.40. The van der Waals surface area contributed by atoms with Crippen LogP contribution in [0.3, 0.4) is 0 Å². The van der Waals surface area contributed by atoms with Gasteiger partial charge in [-0.25, -0.2) is 5.01 Å². The van der Waals surface area contributed by atoms with Crippen molar-refractivity contribution in [2.45, 2.75) is 54.0 Å². The van der Waals surface area contributed by atoms with Crippen molar-refractivity contribution in [3.63, 3.8) is 0 Å². The highest BCUT2D eigenvalue weighted by Crippen LogP contribution is 2.21. The zero-order valence-electron chi connectivity index (χ0n) is 16.7. The number of amides is 2. The fraction of sp³-hybridized carbons (Fsp3) is 0.364. The Kier molecular flexibility index (Phi) is 5.55. The van der Waals surface area contributed by atoms with Gasteiger partial charge in [-0.1, -0.05) is 35.4 Å².